The highest BCUT2D eigenvalue weighted by Crippen LogP contribution is 2.24. The van der Waals surface area contributed by atoms with E-state index in [9.17, 15) is 18.0 Å². The number of nitrogens with zero attached hydrogens (tertiary/aromatic N) is 4. The minimum atomic E-state index is -4.58. The first kappa shape index (κ1) is 13.8. The highest BCUT2D eigenvalue weighted by atomic mass is 19.4. The second-order valence-corrected chi connectivity index (χ2v) is 3.66. The van der Waals surface area contributed by atoms with Crippen molar-refractivity contribution in [3.05, 3.63) is 30.2 Å². The predicted octanol–water partition coefficient (Wildman–Crippen LogP) is 1.41. The third-order valence-corrected chi connectivity index (χ3v) is 2.22. The van der Waals surface area contributed by atoms with E-state index < -0.39 is 12.4 Å². The lowest BCUT2D eigenvalue weighted by molar-refractivity contribution is -0.212. The zero-order valence-corrected chi connectivity index (χ0v) is 9.83. The molecule has 2 aromatic rings. The van der Waals surface area contributed by atoms with Crippen LogP contribution >= 0.6 is 0 Å². The Balaban J connectivity index is 2.14. The summed E-state index contributed by atoms with van der Waals surface area (Å²) >= 11 is 0. The summed E-state index contributed by atoms with van der Waals surface area (Å²) in [7, 11) is 0. The van der Waals surface area contributed by atoms with Crippen molar-refractivity contribution in [1.82, 2.24) is 20.0 Å². The van der Waals surface area contributed by atoms with Crippen molar-refractivity contribution < 1.29 is 22.7 Å². The minimum Gasteiger partial charge on any atom is -0.443 e. The Labute approximate surface area is 110 Å². The zero-order chi connectivity index (χ0) is 14.8. The number of alkyl halides is 3. The molecule has 0 fully saturated rings. The lowest BCUT2D eigenvalue weighted by Gasteiger charge is -2.04. The Kier molecular flexibility index (Phi) is 3.55. The van der Waals surface area contributed by atoms with Gasteiger partial charge in [0.25, 0.3) is 0 Å². The summed E-state index contributed by atoms with van der Waals surface area (Å²) in [5.74, 6) is 0. The second kappa shape index (κ2) is 5.15. The Hall–Kier alpha value is -2.65. The Morgan fingerprint density at radius 3 is 2.60 bits per heavy atom. The van der Waals surface area contributed by atoms with Gasteiger partial charge in [0.2, 0.25) is 0 Å². The Morgan fingerprint density at radius 1 is 1.35 bits per heavy atom. The summed E-state index contributed by atoms with van der Waals surface area (Å²) in [6.45, 7) is -0.162. The van der Waals surface area contributed by atoms with E-state index in [1.165, 1.54) is 12.1 Å². The number of rotatable bonds is 3. The lowest BCUT2D eigenvalue weighted by Crippen LogP contribution is -2.16. The fourth-order valence-electron chi connectivity index (χ4n) is 1.33. The van der Waals surface area contributed by atoms with Crippen LogP contribution in [0.3, 0.4) is 0 Å². The van der Waals surface area contributed by atoms with Crippen molar-refractivity contribution in [2.24, 2.45) is 5.73 Å². The van der Waals surface area contributed by atoms with Crippen LogP contribution < -0.4 is 5.73 Å². The number of hydrogen-bond acceptors (Lipinski definition) is 5. The molecule has 0 aliphatic rings. The molecule has 2 N–H and O–H groups in total. The first-order valence-electron chi connectivity index (χ1n) is 5.23. The topological polar surface area (TPSA) is 95.9 Å². The average molecular weight is 287 g/mol. The van der Waals surface area contributed by atoms with Gasteiger partial charge in [-0.05, 0) is 12.1 Å². The van der Waals surface area contributed by atoms with Gasteiger partial charge in [0.1, 0.15) is 12.3 Å². The monoisotopic (exact) mass is 287 g/mol. The van der Waals surface area contributed by atoms with Gasteiger partial charge in [0, 0.05) is 11.8 Å². The van der Waals surface area contributed by atoms with Gasteiger partial charge < -0.3 is 10.5 Å². The van der Waals surface area contributed by atoms with Gasteiger partial charge in [0.05, 0.1) is 11.9 Å². The molecule has 2 aromatic heterocycles. The number of carbonyl (C=O) groups excluding carboxylic acids is 1. The Morgan fingerprint density at radius 2 is 2.10 bits per heavy atom. The molecule has 0 radical (unpaired) electrons. The summed E-state index contributed by atoms with van der Waals surface area (Å²) in [6.07, 6.45) is -3.72. The number of ether oxygens (including phenoxy) is 1. The number of halogens is 3. The van der Waals surface area contributed by atoms with Gasteiger partial charge in [-0.25, -0.2) is 4.79 Å². The molecule has 2 rings (SSSR count). The SMILES string of the molecule is NC(=O)OCc1ccc(-c2cnn(C(F)(F)F)c2)nn1. The van der Waals surface area contributed by atoms with E-state index in [1.54, 1.807) is 0 Å². The molecule has 0 aliphatic carbocycles. The fourth-order valence-corrected chi connectivity index (χ4v) is 1.33. The highest BCUT2D eigenvalue weighted by Gasteiger charge is 2.31. The van der Waals surface area contributed by atoms with Gasteiger partial charge >= 0.3 is 12.4 Å². The van der Waals surface area contributed by atoms with E-state index in [-0.39, 0.29) is 22.5 Å². The van der Waals surface area contributed by atoms with Crippen LogP contribution in [0, 0.1) is 0 Å². The van der Waals surface area contributed by atoms with Crippen LogP contribution in [0.1, 0.15) is 5.69 Å². The molecular formula is C10H8F3N5O2. The summed E-state index contributed by atoms with van der Waals surface area (Å²) in [4.78, 5) is 10.4. The van der Waals surface area contributed by atoms with Crippen LogP contribution in [-0.4, -0.2) is 26.1 Å². The molecule has 2 heterocycles. The average Bonchev–Trinajstić information content (AvgIpc) is 2.86. The number of hydrogen-bond donors (Lipinski definition) is 1. The predicted molar refractivity (Wildman–Crippen MR) is 58.9 cm³/mol. The van der Waals surface area contributed by atoms with Crippen molar-refractivity contribution in [2.75, 3.05) is 0 Å². The minimum absolute atomic E-state index is 0.131. The van der Waals surface area contributed by atoms with Gasteiger partial charge in [0.15, 0.2) is 0 Å². The Bertz CT molecular complexity index is 608. The number of primary amides is 1. The normalized spacial score (nSPS) is 11.3. The third kappa shape index (κ3) is 3.22. The van der Waals surface area contributed by atoms with E-state index in [2.05, 4.69) is 20.0 Å². The second-order valence-electron chi connectivity index (χ2n) is 3.66. The number of carbonyl (C=O) groups is 1. The van der Waals surface area contributed by atoms with Gasteiger partial charge in [-0.15, -0.1) is 13.2 Å². The summed E-state index contributed by atoms with van der Waals surface area (Å²) in [5, 5.41) is 10.6. The van der Waals surface area contributed by atoms with Crippen LogP contribution in [0.4, 0.5) is 18.0 Å². The van der Waals surface area contributed by atoms with Crippen molar-refractivity contribution in [2.45, 2.75) is 12.9 Å². The maximum Gasteiger partial charge on any atom is 0.504 e. The molecule has 1 amide bonds. The van der Waals surface area contributed by atoms with Crippen molar-refractivity contribution in [3.63, 3.8) is 0 Å². The molecular weight excluding hydrogens is 279 g/mol. The maximum absolute atomic E-state index is 12.4. The molecule has 0 spiro atoms. The van der Waals surface area contributed by atoms with Crippen LogP contribution in [0.15, 0.2) is 24.5 Å². The smallest absolute Gasteiger partial charge is 0.443 e. The van der Waals surface area contributed by atoms with Crippen LogP contribution in [0.5, 0.6) is 0 Å². The lowest BCUT2D eigenvalue weighted by atomic mass is 10.2. The fraction of sp³-hybridized carbons (Fsp3) is 0.200. The summed E-state index contributed by atoms with van der Waals surface area (Å²) in [5.41, 5.74) is 5.47. The molecule has 0 aromatic carbocycles. The summed E-state index contributed by atoms with van der Waals surface area (Å²) in [6, 6.07) is 2.89. The first-order chi connectivity index (χ1) is 9.36. The number of aromatic nitrogens is 4. The van der Waals surface area contributed by atoms with Gasteiger partial charge in [-0.2, -0.15) is 20.0 Å². The first-order valence-corrected chi connectivity index (χ1v) is 5.23. The molecule has 0 aliphatic heterocycles. The van der Waals surface area contributed by atoms with E-state index in [0.717, 1.165) is 12.4 Å². The molecule has 106 valence electrons. The van der Waals surface area contributed by atoms with E-state index >= 15 is 0 Å². The van der Waals surface area contributed by atoms with Crippen molar-refractivity contribution >= 4 is 6.09 Å². The van der Waals surface area contributed by atoms with Crippen molar-refractivity contribution in [1.29, 1.82) is 0 Å². The number of amides is 1. The molecule has 10 heteroatoms. The quantitative estimate of drug-likeness (QED) is 0.920. The van der Waals surface area contributed by atoms with E-state index in [0.29, 0.717) is 5.69 Å². The number of nitrogens with two attached hydrogens (primary N) is 1. The van der Waals surface area contributed by atoms with Crippen LogP contribution in [0.2, 0.25) is 0 Å². The molecule has 0 saturated carbocycles. The molecule has 0 saturated heterocycles. The van der Waals surface area contributed by atoms with Crippen molar-refractivity contribution in [3.8, 4) is 11.3 Å². The third-order valence-electron chi connectivity index (χ3n) is 2.22. The molecule has 20 heavy (non-hydrogen) atoms. The standard InChI is InChI=1S/C10H8F3N5O2/c11-10(12,13)18-4-6(3-15-18)8-2-1-7(16-17-8)5-20-9(14)19/h1-4H,5H2,(H2,14,19). The largest absolute Gasteiger partial charge is 0.504 e. The van der Waals surface area contributed by atoms with E-state index in [4.69, 9.17) is 5.73 Å². The van der Waals surface area contributed by atoms with Gasteiger partial charge in [-0.1, -0.05) is 0 Å². The van der Waals surface area contributed by atoms with Crippen LogP contribution in [-0.2, 0) is 17.6 Å². The molecule has 0 unspecified atom stereocenters. The summed E-state index contributed by atoms with van der Waals surface area (Å²) < 4.78 is 41.4. The molecule has 0 atom stereocenters. The van der Waals surface area contributed by atoms with Gasteiger partial charge in [-0.3, -0.25) is 0 Å². The highest BCUT2D eigenvalue weighted by molar-refractivity contribution is 5.64. The zero-order valence-electron chi connectivity index (χ0n) is 9.83. The molecule has 0 bridgehead atoms. The van der Waals surface area contributed by atoms with Crippen LogP contribution in [0.25, 0.3) is 11.3 Å². The molecule has 7 nitrogen and oxygen atoms in total. The maximum atomic E-state index is 12.4. The van der Waals surface area contributed by atoms with E-state index in [1.807, 2.05) is 0 Å².